The van der Waals surface area contributed by atoms with Gasteiger partial charge in [0.25, 0.3) is 0 Å². The first kappa shape index (κ1) is 13.8. The summed E-state index contributed by atoms with van der Waals surface area (Å²) in [6.45, 7) is 0. The molecule has 0 fully saturated rings. The molecule has 22 heavy (non-hydrogen) atoms. The first-order valence-electron chi connectivity index (χ1n) is 6.75. The molecule has 110 valence electrons. The van der Waals surface area contributed by atoms with E-state index in [-0.39, 0.29) is 23.9 Å². The molecular formula is C16H14N4O2. The van der Waals surface area contributed by atoms with Crippen LogP contribution in [0, 0.1) is 0 Å². The maximum absolute atomic E-state index is 12.0. The summed E-state index contributed by atoms with van der Waals surface area (Å²) in [6, 6.07) is 12.7. The van der Waals surface area contributed by atoms with Crippen LogP contribution >= 0.6 is 0 Å². The Hall–Kier alpha value is -3.15. The van der Waals surface area contributed by atoms with E-state index < -0.39 is 0 Å². The molecule has 0 spiro atoms. The van der Waals surface area contributed by atoms with E-state index in [1.54, 1.807) is 23.1 Å². The van der Waals surface area contributed by atoms with Crippen molar-refractivity contribution in [3.63, 3.8) is 0 Å². The van der Waals surface area contributed by atoms with Crippen molar-refractivity contribution in [1.29, 1.82) is 0 Å². The van der Waals surface area contributed by atoms with Crippen LogP contribution in [0.2, 0.25) is 0 Å². The van der Waals surface area contributed by atoms with Gasteiger partial charge in [0.2, 0.25) is 5.91 Å². The van der Waals surface area contributed by atoms with Crippen LogP contribution in [0.25, 0.3) is 5.69 Å². The number of aromatic nitrogens is 3. The van der Waals surface area contributed by atoms with Crippen molar-refractivity contribution in [2.75, 3.05) is 5.32 Å². The number of carbonyl (C=O) groups excluding carboxylic acids is 1. The first-order chi connectivity index (χ1) is 10.7. The van der Waals surface area contributed by atoms with Gasteiger partial charge in [-0.1, -0.05) is 18.2 Å². The van der Waals surface area contributed by atoms with Crippen LogP contribution in [-0.2, 0) is 11.2 Å². The number of pyridine rings is 1. The molecule has 6 heteroatoms. The van der Waals surface area contributed by atoms with E-state index in [4.69, 9.17) is 0 Å². The fourth-order valence-corrected chi connectivity index (χ4v) is 2.03. The fraction of sp³-hybridized carbons (Fsp3) is 0.0625. The molecule has 0 unspecified atom stereocenters. The van der Waals surface area contributed by atoms with Crippen molar-refractivity contribution in [2.24, 2.45) is 0 Å². The van der Waals surface area contributed by atoms with Gasteiger partial charge in [0, 0.05) is 12.4 Å². The van der Waals surface area contributed by atoms with Crippen molar-refractivity contribution >= 4 is 11.7 Å². The maximum atomic E-state index is 12.0. The summed E-state index contributed by atoms with van der Waals surface area (Å²) in [5.41, 5.74) is 1.70. The Labute approximate surface area is 127 Å². The minimum absolute atomic E-state index is 0.0594. The Morgan fingerprint density at radius 3 is 2.77 bits per heavy atom. The number of aromatic hydroxyl groups is 1. The number of nitrogens with zero attached hydrogens (tertiary/aromatic N) is 3. The third-order valence-corrected chi connectivity index (χ3v) is 3.07. The second-order valence-electron chi connectivity index (χ2n) is 4.72. The molecule has 0 atom stereocenters. The number of nitrogens with one attached hydrogen (secondary N) is 1. The molecule has 3 rings (SSSR count). The first-order valence-corrected chi connectivity index (χ1v) is 6.75. The third-order valence-electron chi connectivity index (χ3n) is 3.07. The molecule has 2 N–H and O–H groups in total. The molecule has 6 nitrogen and oxygen atoms in total. The number of amides is 1. The lowest BCUT2D eigenvalue weighted by atomic mass is 10.2. The molecule has 0 aliphatic rings. The smallest absolute Gasteiger partial charge is 0.230 e. The van der Waals surface area contributed by atoms with Crippen LogP contribution in [0.15, 0.2) is 61.1 Å². The summed E-state index contributed by atoms with van der Waals surface area (Å²) in [4.78, 5) is 15.9. The average molecular weight is 294 g/mol. The van der Waals surface area contributed by atoms with Crippen molar-refractivity contribution in [3.8, 4) is 11.4 Å². The third kappa shape index (κ3) is 3.12. The standard InChI is InChI=1S/C16H14N4O2/c21-14-7-4-8-17-16(14)19-15(22)9-12-10-18-20(11-12)13-5-2-1-3-6-13/h1-8,10-11,21H,9H2,(H,17,19,22). The highest BCUT2D eigenvalue weighted by Gasteiger charge is 2.09. The fourth-order valence-electron chi connectivity index (χ4n) is 2.03. The van der Waals surface area contributed by atoms with Gasteiger partial charge < -0.3 is 10.4 Å². The van der Waals surface area contributed by atoms with E-state index in [0.717, 1.165) is 11.3 Å². The molecule has 0 bridgehead atoms. The molecule has 0 aliphatic carbocycles. The number of anilines is 1. The largest absolute Gasteiger partial charge is 0.504 e. The van der Waals surface area contributed by atoms with E-state index in [9.17, 15) is 9.90 Å². The Balaban J connectivity index is 1.68. The van der Waals surface area contributed by atoms with Crippen LogP contribution in [0.3, 0.4) is 0 Å². The molecular weight excluding hydrogens is 280 g/mol. The quantitative estimate of drug-likeness (QED) is 0.772. The Morgan fingerprint density at radius 1 is 1.18 bits per heavy atom. The predicted molar refractivity (Wildman–Crippen MR) is 81.8 cm³/mol. The van der Waals surface area contributed by atoms with Gasteiger partial charge in [0.15, 0.2) is 11.6 Å². The van der Waals surface area contributed by atoms with Crippen molar-refractivity contribution in [1.82, 2.24) is 14.8 Å². The van der Waals surface area contributed by atoms with Gasteiger partial charge in [-0.15, -0.1) is 0 Å². The zero-order valence-electron chi connectivity index (χ0n) is 11.7. The maximum Gasteiger partial charge on any atom is 0.230 e. The van der Waals surface area contributed by atoms with Crippen LogP contribution < -0.4 is 5.32 Å². The van der Waals surface area contributed by atoms with Gasteiger partial charge in [-0.2, -0.15) is 5.10 Å². The molecule has 0 saturated heterocycles. The lowest BCUT2D eigenvalue weighted by Gasteiger charge is -2.04. The number of hydrogen-bond donors (Lipinski definition) is 2. The highest BCUT2D eigenvalue weighted by molar-refractivity contribution is 5.92. The van der Waals surface area contributed by atoms with Gasteiger partial charge in [0.05, 0.1) is 18.3 Å². The zero-order valence-corrected chi connectivity index (χ0v) is 11.7. The highest BCUT2D eigenvalue weighted by atomic mass is 16.3. The average Bonchev–Trinajstić information content (AvgIpc) is 2.99. The van der Waals surface area contributed by atoms with Gasteiger partial charge in [-0.05, 0) is 29.8 Å². The predicted octanol–water partition coefficient (Wildman–Crippen LogP) is 2.15. The highest BCUT2D eigenvalue weighted by Crippen LogP contribution is 2.18. The number of benzene rings is 1. The number of hydrogen-bond acceptors (Lipinski definition) is 4. The molecule has 0 saturated carbocycles. The SMILES string of the molecule is O=C(Cc1cnn(-c2ccccc2)c1)Nc1ncccc1O. The van der Waals surface area contributed by atoms with E-state index in [0.29, 0.717) is 0 Å². The lowest BCUT2D eigenvalue weighted by Crippen LogP contribution is -2.15. The van der Waals surface area contributed by atoms with E-state index in [2.05, 4.69) is 15.4 Å². The minimum atomic E-state index is -0.262. The summed E-state index contributed by atoms with van der Waals surface area (Å²) >= 11 is 0. The molecule has 1 aromatic carbocycles. The van der Waals surface area contributed by atoms with Crippen LogP contribution in [-0.4, -0.2) is 25.8 Å². The number of carbonyl (C=O) groups is 1. The molecule has 2 heterocycles. The lowest BCUT2D eigenvalue weighted by molar-refractivity contribution is -0.115. The summed E-state index contributed by atoms with van der Waals surface area (Å²) in [5, 5.41) is 16.4. The summed E-state index contributed by atoms with van der Waals surface area (Å²) in [7, 11) is 0. The van der Waals surface area contributed by atoms with Gasteiger partial charge in [-0.3, -0.25) is 4.79 Å². The van der Waals surface area contributed by atoms with Crippen molar-refractivity contribution in [3.05, 3.63) is 66.6 Å². The summed E-state index contributed by atoms with van der Waals surface area (Å²) < 4.78 is 1.71. The summed E-state index contributed by atoms with van der Waals surface area (Å²) in [6.07, 6.45) is 5.10. The van der Waals surface area contributed by atoms with Crippen molar-refractivity contribution in [2.45, 2.75) is 6.42 Å². The molecule has 3 aromatic rings. The number of rotatable bonds is 4. The van der Waals surface area contributed by atoms with Crippen LogP contribution in [0.5, 0.6) is 5.75 Å². The van der Waals surface area contributed by atoms with Gasteiger partial charge >= 0.3 is 0 Å². The van der Waals surface area contributed by atoms with Gasteiger partial charge in [0.1, 0.15) is 0 Å². The normalized spacial score (nSPS) is 10.4. The second-order valence-corrected chi connectivity index (χ2v) is 4.72. The molecule has 1 amide bonds. The Morgan fingerprint density at radius 2 is 2.00 bits per heavy atom. The summed E-state index contributed by atoms with van der Waals surface area (Å²) in [5.74, 6) is -0.166. The topological polar surface area (TPSA) is 80.0 Å². The molecule has 0 radical (unpaired) electrons. The second kappa shape index (κ2) is 6.09. The van der Waals surface area contributed by atoms with E-state index >= 15 is 0 Å². The van der Waals surface area contributed by atoms with Crippen molar-refractivity contribution < 1.29 is 9.90 Å². The van der Waals surface area contributed by atoms with Crippen LogP contribution in [0.1, 0.15) is 5.56 Å². The Kier molecular flexibility index (Phi) is 3.82. The molecule has 0 aliphatic heterocycles. The number of para-hydroxylation sites is 1. The Bertz CT molecular complexity index is 784. The monoisotopic (exact) mass is 294 g/mol. The van der Waals surface area contributed by atoms with Gasteiger partial charge in [-0.25, -0.2) is 9.67 Å². The van der Waals surface area contributed by atoms with E-state index in [1.807, 2.05) is 30.3 Å². The zero-order chi connectivity index (χ0) is 15.4. The minimum Gasteiger partial charge on any atom is -0.504 e. The van der Waals surface area contributed by atoms with Crippen LogP contribution in [0.4, 0.5) is 5.82 Å². The molecule has 2 aromatic heterocycles. The van der Waals surface area contributed by atoms with E-state index in [1.165, 1.54) is 12.3 Å².